The predicted molar refractivity (Wildman–Crippen MR) is 96.9 cm³/mol. The molecule has 1 atom stereocenters. The number of hydrogen-bond acceptors (Lipinski definition) is 5. The molecule has 1 fully saturated rings. The maximum absolute atomic E-state index is 13.1. The van der Waals surface area contributed by atoms with Gasteiger partial charge in [0, 0.05) is 23.5 Å². The summed E-state index contributed by atoms with van der Waals surface area (Å²) in [5.41, 5.74) is 6.97. The highest BCUT2D eigenvalue weighted by Crippen LogP contribution is 2.38. The Labute approximate surface area is 146 Å². The van der Waals surface area contributed by atoms with Crippen LogP contribution in [-0.4, -0.2) is 30.6 Å². The first-order valence-corrected chi connectivity index (χ1v) is 9.14. The average Bonchev–Trinajstić information content (AvgIpc) is 3.35. The number of anilines is 1. The van der Waals surface area contributed by atoms with Gasteiger partial charge in [-0.1, -0.05) is 0 Å². The van der Waals surface area contributed by atoms with Crippen molar-refractivity contribution in [2.45, 2.75) is 32.2 Å². The highest BCUT2D eigenvalue weighted by molar-refractivity contribution is 7.09. The van der Waals surface area contributed by atoms with Crippen LogP contribution in [0.2, 0.25) is 0 Å². The second-order valence-electron chi connectivity index (χ2n) is 6.12. The molecular formula is C18H23N3O2S. The van der Waals surface area contributed by atoms with E-state index < -0.39 is 0 Å². The van der Waals surface area contributed by atoms with Crippen LogP contribution >= 0.6 is 11.3 Å². The van der Waals surface area contributed by atoms with Gasteiger partial charge in [0.2, 0.25) is 0 Å². The summed E-state index contributed by atoms with van der Waals surface area (Å²) in [6, 6.07) is 7.79. The number of benzene rings is 1. The minimum absolute atomic E-state index is 0.0425. The lowest BCUT2D eigenvalue weighted by Crippen LogP contribution is -2.40. The molecule has 24 heavy (non-hydrogen) atoms. The Kier molecular flexibility index (Phi) is 5.16. The van der Waals surface area contributed by atoms with Crippen molar-refractivity contribution >= 4 is 22.9 Å². The first-order chi connectivity index (χ1) is 11.6. The number of rotatable bonds is 7. The maximum Gasteiger partial charge on any atom is 0.278 e. The number of carbonyl (C=O) groups excluding carboxylic acids is 1. The summed E-state index contributed by atoms with van der Waals surface area (Å²) >= 11 is 1.50. The van der Waals surface area contributed by atoms with Crippen LogP contribution in [0.4, 0.5) is 5.69 Å². The lowest BCUT2D eigenvalue weighted by Gasteiger charge is -2.29. The molecule has 1 aliphatic rings. The maximum atomic E-state index is 13.1. The molecule has 2 aromatic rings. The molecule has 5 nitrogen and oxygen atoms in total. The van der Waals surface area contributed by atoms with E-state index in [1.807, 2.05) is 34.5 Å². The number of ether oxygens (including phenoxy) is 1. The number of methoxy groups -OCH3 is 1. The summed E-state index contributed by atoms with van der Waals surface area (Å²) in [7, 11) is 1.64. The smallest absolute Gasteiger partial charge is 0.278 e. The molecule has 1 saturated carbocycles. The fourth-order valence-electron chi connectivity index (χ4n) is 2.84. The highest BCUT2D eigenvalue weighted by atomic mass is 32.1. The van der Waals surface area contributed by atoms with E-state index in [2.05, 4.69) is 11.9 Å². The van der Waals surface area contributed by atoms with Gasteiger partial charge < -0.3 is 15.4 Å². The standard InChI is InChI=1S/C18H23N3O2S/c1-12(13-3-4-13)21(14-5-7-15(23-2)8-6-14)18(22)16-11-24-17(20-16)9-10-19/h5-8,11-13H,3-4,9-10,19H2,1-2H3. The van der Waals surface area contributed by atoms with Crippen molar-refractivity contribution < 1.29 is 9.53 Å². The van der Waals surface area contributed by atoms with Crippen LogP contribution in [-0.2, 0) is 6.42 Å². The van der Waals surface area contributed by atoms with Gasteiger partial charge in [0.05, 0.1) is 12.1 Å². The van der Waals surface area contributed by atoms with Gasteiger partial charge in [0.1, 0.15) is 11.4 Å². The molecule has 1 aliphatic carbocycles. The van der Waals surface area contributed by atoms with Gasteiger partial charge in [-0.2, -0.15) is 0 Å². The van der Waals surface area contributed by atoms with Crippen LogP contribution in [0.15, 0.2) is 29.6 Å². The lowest BCUT2D eigenvalue weighted by atomic mass is 10.1. The first-order valence-electron chi connectivity index (χ1n) is 8.26. The zero-order chi connectivity index (χ0) is 17.1. The van der Waals surface area contributed by atoms with Gasteiger partial charge in [-0.25, -0.2) is 4.98 Å². The van der Waals surface area contributed by atoms with E-state index in [0.29, 0.717) is 24.6 Å². The summed E-state index contributed by atoms with van der Waals surface area (Å²) in [5, 5.41) is 2.75. The topological polar surface area (TPSA) is 68.5 Å². The molecule has 0 spiro atoms. The van der Waals surface area contributed by atoms with Crippen LogP contribution in [0.5, 0.6) is 5.75 Å². The van der Waals surface area contributed by atoms with Gasteiger partial charge in [-0.05, 0) is 56.5 Å². The number of aromatic nitrogens is 1. The van der Waals surface area contributed by atoms with E-state index in [0.717, 1.165) is 16.4 Å². The average molecular weight is 345 g/mol. The minimum Gasteiger partial charge on any atom is -0.497 e. The molecular weight excluding hydrogens is 322 g/mol. The Bertz CT molecular complexity index is 695. The normalized spacial score (nSPS) is 15.1. The Morgan fingerprint density at radius 3 is 2.71 bits per heavy atom. The van der Waals surface area contributed by atoms with Crippen LogP contribution in [0.3, 0.4) is 0 Å². The second kappa shape index (κ2) is 7.32. The van der Waals surface area contributed by atoms with E-state index in [1.165, 1.54) is 24.2 Å². The molecule has 1 aromatic heterocycles. The zero-order valence-electron chi connectivity index (χ0n) is 14.1. The number of carbonyl (C=O) groups is 1. The van der Waals surface area contributed by atoms with Crippen molar-refractivity contribution in [3.8, 4) is 5.75 Å². The summed E-state index contributed by atoms with van der Waals surface area (Å²) < 4.78 is 5.22. The number of nitrogens with zero attached hydrogens (tertiary/aromatic N) is 2. The Balaban J connectivity index is 1.89. The molecule has 3 rings (SSSR count). The van der Waals surface area contributed by atoms with Crippen LogP contribution in [0.25, 0.3) is 0 Å². The molecule has 1 amide bonds. The first kappa shape index (κ1) is 16.9. The number of hydrogen-bond donors (Lipinski definition) is 1. The van der Waals surface area contributed by atoms with Crippen molar-refractivity contribution in [2.24, 2.45) is 11.7 Å². The van der Waals surface area contributed by atoms with Crippen molar-refractivity contribution in [3.05, 3.63) is 40.3 Å². The van der Waals surface area contributed by atoms with Crippen LogP contribution in [0.1, 0.15) is 35.3 Å². The molecule has 2 N–H and O–H groups in total. The Morgan fingerprint density at radius 2 is 2.12 bits per heavy atom. The fourth-order valence-corrected chi connectivity index (χ4v) is 3.63. The quantitative estimate of drug-likeness (QED) is 0.837. The Hall–Kier alpha value is -1.92. The van der Waals surface area contributed by atoms with Gasteiger partial charge in [-0.3, -0.25) is 4.79 Å². The van der Waals surface area contributed by atoms with E-state index in [9.17, 15) is 4.79 Å². The highest BCUT2D eigenvalue weighted by Gasteiger charge is 2.36. The van der Waals surface area contributed by atoms with Gasteiger partial charge in [-0.15, -0.1) is 11.3 Å². The van der Waals surface area contributed by atoms with Gasteiger partial charge >= 0.3 is 0 Å². The number of amides is 1. The molecule has 0 aliphatic heterocycles. The summed E-state index contributed by atoms with van der Waals surface area (Å²) in [6.07, 6.45) is 3.06. The fraction of sp³-hybridized carbons (Fsp3) is 0.444. The SMILES string of the molecule is COc1ccc(N(C(=O)c2csc(CCN)n2)C(C)C2CC2)cc1. The van der Waals surface area contributed by atoms with Crippen molar-refractivity contribution in [1.82, 2.24) is 4.98 Å². The van der Waals surface area contributed by atoms with Crippen molar-refractivity contribution in [3.63, 3.8) is 0 Å². The number of thiazole rings is 1. The summed E-state index contributed by atoms with van der Waals surface area (Å²) in [5.74, 6) is 1.31. The van der Waals surface area contributed by atoms with Crippen molar-refractivity contribution in [1.29, 1.82) is 0 Å². The lowest BCUT2D eigenvalue weighted by molar-refractivity contribution is 0.0971. The summed E-state index contributed by atoms with van der Waals surface area (Å²) in [4.78, 5) is 19.4. The molecule has 0 radical (unpaired) electrons. The monoisotopic (exact) mass is 345 g/mol. The third kappa shape index (κ3) is 3.60. The van der Waals surface area contributed by atoms with Crippen molar-refractivity contribution in [2.75, 3.05) is 18.6 Å². The van der Waals surface area contributed by atoms with Crippen LogP contribution in [0, 0.1) is 5.92 Å². The minimum atomic E-state index is -0.0425. The van der Waals surface area contributed by atoms with E-state index in [-0.39, 0.29) is 11.9 Å². The molecule has 1 unspecified atom stereocenters. The predicted octanol–water partition coefficient (Wildman–Crippen LogP) is 3.10. The molecule has 128 valence electrons. The van der Waals surface area contributed by atoms with Gasteiger partial charge in [0.25, 0.3) is 5.91 Å². The molecule has 1 aromatic carbocycles. The molecule has 6 heteroatoms. The third-order valence-corrected chi connectivity index (χ3v) is 5.32. The second-order valence-corrected chi connectivity index (χ2v) is 7.06. The number of nitrogens with two attached hydrogens (primary N) is 1. The van der Waals surface area contributed by atoms with E-state index in [4.69, 9.17) is 10.5 Å². The summed E-state index contributed by atoms with van der Waals surface area (Å²) in [6.45, 7) is 2.66. The van der Waals surface area contributed by atoms with Crippen LogP contribution < -0.4 is 15.4 Å². The van der Waals surface area contributed by atoms with E-state index >= 15 is 0 Å². The molecule has 1 heterocycles. The van der Waals surface area contributed by atoms with E-state index in [1.54, 1.807) is 7.11 Å². The molecule has 0 saturated heterocycles. The third-order valence-electron chi connectivity index (χ3n) is 4.41. The zero-order valence-corrected chi connectivity index (χ0v) is 14.9. The van der Waals surface area contributed by atoms with Gasteiger partial charge in [0.15, 0.2) is 0 Å². The largest absolute Gasteiger partial charge is 0.497 e. The Morgan fingerprint density at radius 1 is 1.42 bits per heavy atom. The molecule has 0 bridgehead atoms.